The van der Waals surface area contributed by atoms with Gasteiger partial charge in [0.2, 0.25) is 0 Å². The molecule has 2 aromatic rings. The van der Waals surface area contributed by atoms with Crippen molar-refractivity contribution in [2.75, 3.05) is 27.7 Å². The topological polar surface area (TPSA) is 40.6 Å². The molecule has 0 fully saturated rings. The van der Waals surface area contributed by atoms with E-state index >= 15 is 0 Å². The number of nitrogens with zero attached hydrogens (tertiary/aromatic N) is 2. The van der Waals surface area contributed by atoms with Crippen LogP contribution in [0.15, 0.2) is 48.5 Å². The number of carbonyl (C=O) groups excluding carboxylic acids is 2. The van der Waals surface area contributed by atoms with Gasteiger partial charge in [-0.25, -0.2) is 8.78 Å². The fourth-order valence-electron chi connectivity index (χ4n) is 3.21. The summed E-state index contributed by atoms with van der Waals surface area (Å²) in [6, 6.07) is 10.9. The van der Waals surface area contributed by atoms with E-state index in [1.54, 1.807) is 11.9 Å². The van der Waals surface area contributed by atoms with Crippen LogP contribution >= 0.6 is 0 Å². The van der Waals surface area contributed by atoms with Gasteiger partial charge >= 0.3 is 0 Å². The minimum Gasteiger partial charge on any atom is -0.342 e. The summed E-state index contributed by atoms with van der Waals surface area (Å²) >= 11 is 0. The maximum atomic E-state index is 13.1. The molecule has 4 nitrogen and oxygen atoms in total. The molecule has 0 aliphatic carbocycles. The van der Waals surface area contributed by atoms with Crippen LogP contribution in [0.2, 0.25) is 0 Å². The van der Waals surface area contributed by atoms with Crippen molar-refractivity contribution in [3.8, 4) is 0 Å². The van der Waals surface area contributed by atoms with Gasteiger partial charge in [-0.15, -0.1) is 0 Å². The van der Waals surface area contributed by atoms with Crippen molar-refractivity contribution in [3.63, 3.8) is 0 Å². The first-order chi connectivity index (χ1) is 13.8. The summed E-state index contributed by atoms with van der Waals surface area (Å²) in [6.45, 7) is 0.592. The number of Topliss-reactive ketones (excluding diaryl/α,β-unsaturated/α-hetero) is 1. The molecular formula is C23H28F2N2O2. The molecule has 1 unspecified atom stereocenters. The van der Waals surface area contributed by atoms with Gasteiger partial charge in [0.15, 0.2) is 5.78 Å². The summed E-state index contributed by atoms with van der Waals surface area (Å²) in [7, 11) is 5.45. The smallest absolute Gasteiger partial charge is 0.253 e. The van der Waals surface area contributed by atoms with Crippen LogP contribution < -0.4 is 0 Å². The lowest BCUT2D eigenvalue weighted by atomic mass is 9.98. The molecule has 1 amide bonds. The normalized spacial score (nSPS) is 12.1. The SMILES string of the molecule is CN(CCCCCC(C(=O)c1ccc(F)cc1)N(C)C)C(=O)c1ccc(F)cc1. The van der Waals surface area contributed by atoms with Crippen molar-refractivity contribution in [2.24, 2.45) is 0 Å². The Labute approximate surface area is 171 Å². The number of hydrogen-bond donors (Lipinski definition) is 0. The molecule has 0 spiro atoms. The second kappa shape index (κ2) is 10.8. The molecule has 1 atom stereocenters. The van der Waals surface area contributed by atoms with E-state index in [9.17, 15) is 18.4 Å². The molecule has 156 valence electrons. The van der Waals surface area contributed by atoms with Crippen molar-refractivity contribution >= 4 is 11.7 Å². The van der Waals surface area contributed by atoms with Gasteiger partial charge in [-0.05, 0) is 75.5 Å². The largest absolute Gasteiger partial charge is 0.342 e. The first kappa shape index (κ1) is 22.7. The van der Waals surface area contributed by atoms with Gasteiger partial charge in [0.1, 0.15) is 11.6 Å². The van der Waals surface area contributed by atoms with Crippen molar-refractivity contribution in [1.29, 1.82) is 0 Å². The summed E-state index contributed by atoms with van der Waals surface area (Å²) in [4.78, 5) is 28.5. The second-order valence-corrected chi connectivity index (χ2v) is 7.43. The first-order valence-electron chi connectivity index (χ1n) is 9.77. The number of likely N-dealkylation sites (N-methyl/N-ethyl adjacent to an activating group) is 1. The van der Waals surface area contributed by atoms with E-state index in [-0.39, 0.29) is 29.4 Å². The fraction of sp³-hybridized carbons (Fsp3) is 0.391. The summed E-state index contributed by atoms with van der Waals surface area (Å²) in [5.41, 5.74) is 0.973. The highest BCUT2D eigenvalue weighted by atomic mass is 19.1. The minimum absolute atomic E-state index is 0.0152. The highest BCUT2D eigenvalue weighted by molar-refractivity contribution is 6.00. The maximum absolute atomic E-state index is 13.1. The maximum Gasteiger partial charge on any atom is 0.253 e. The monoisotopic (exact) mass is 402 g/mol. The third-order valence-electron chi connectivity index (χ3n) is 4.96. The summed E-state index contributed by atoms with van der Waals surface area (Å²) < 4.78 is 26.1. The molecule has 2 aromatic carbocycles. The van der Waals surface area contributed by atoms with Crippen LogP contribution in [0.3, 0.4) is 0 Å². The Hall–Kier alpha value is -2.60. The van der Waals surface area contributed by atoms with Gasteiger partial charge in [0.25, 0.3) is 5.91 Å². The van der Waals surface area contributed by atoms with Crippen LogP contribution in [0.5, 0.6) is 0 Å². The van der Waals surface area contributed by atoms with Gasteiger partial charge in [0, 0.05) is 24.7 Å². The molecule has 29 heavy (non-hydrogen) atoms. The number of unbranched alkanes of at least 4 members (excludes halogenated alkanes) is 2. The predicted octanol–water partition coefficient (Wildman–Crippen LogP) is 4.41. The van der Waals surface area contributed by atoms with E-state index in [2.05, 4.69) is 0 Å². The molecule has 0 saturated heterocycles. The number of halogens is 2. The highest BCUT2D eigenvalue weighted by Gasteiger charge is 2.21. The van der Waals surface area contributed by atoms with E-state index < -0.39 is 0 Å². The van der Waals surface area contributed by atoms with Gasteiger partial charge < -0.3 is 4.90 Å². The van der Waals surface area contributed by atoms with Crippen LogP contribution in [0.4, 0.5) is 8.78 Å². The van der Waals surface area contributed by atoms with Gasteiger partial charge in [-0.1, -0.05) is 12.8 Å². The van der Waals surface area contributed by atoms with Crippen molar-refractivity contribution in [3.05, 3.63) is 71.3 Å². The van der Waals surface area contributed by atoms with Crippen LogP contribution in [0.1, 0.15) is 46.4 Å². The van der Waals surface area contributed by atoms with E-state index in [4.69, 9.17) is 0 Å². The Morgan fingerprint density at radius 3 is 1.83 bits per heavy atom. The number of rotatable bonds is 10. The average Bonchev–Trinajstić information content (AvgIpc) is 2.70. The van der Waals surface area contributed by atoms with E-state index in [0.29, 0.717) is 24.1 Å². The fourth-order valence-corrected chi connectivity index (χ4v) is 3.21. The van der Waals surface area contributed by atoms with E-state index in [1.807, 2.05) is 19.0 Å². The number of ketones is 1. The van der Waals surface area contributed by atoms with E-state index in [0.717, 1.165) is 19.3 Å². The Morgan fingerprint density at radius 1 is 0.793 bits per heavy atom. The lowest BCUT2D eigenvalue weighted by Crippen LogP contribution is -2.35. The summed E-state index contributed by atoms with van der Waals surface area (Å²) in [5.74, 6) is -0.877. The Bertz CT molecular complexity index is 805. The molecule has 0 heterocycles. The molecule has 0 aliphatic heterocycles. The molecule has 0 saturated carbocycles. The van der Waals surface area contributed by atoms with Crippen LogP contribution in [-0.2, 0) is 0 Å². The Morgan fingerprint density at radius 2 is 1.31 bits per heavy atom. The van der Waals surface area contributed by atoms with Crippen molar-refractivity contribution in [2.45, 2.75) is 31.7 Å². The molecule has 0 radical (unpaired) electrons. The summed E-state index contributed by atoms with van der Waals surface area (Å²) in [5, 5.41) is 0. The van der Waals surface area contributed by atoms with Crippen LogP contribution in [0.25, 0.3) is 0 Å². The van der Waals surface area contributed by atoms with Crippen LogP contribution in [0, 0.1) is 11.6 Å². The zero-order valence-corrected chi connectivity index (χ0v) is 17.2. The standard InChI is InChI=1S/C23H28F2N2O2/c1-26(2)21(22(28)17-8-12-19(24)13-9-17)7-5-4-6-16-27(3)23(29)18-10-14-20(25)15-11-18/h8-15,21H,4-7,16H2,1-3H3. The lowest BCUT2D eigenvalue weighted by molar-refractivity contribution is 0.0792. The molecule has 0 aliphatic rings. The Kier molecular flexibility index (Phi) is 8.46. The Balaban J connectivity index is 1.78. The zero-order valence-electron chi connectivity index (χ0n) is 17.2. The average molecular weight is 402 g/mol. The van der Waals surface area contributed by atoms with E-state index in [1.165, 1.54) is 48.5 Å². The molecule has 2 rings (SSSR count). The number of carbonyl (C=O) groups is 2. The van der Waals surface area contributed by atoms with Crippen LogP contribution in [-0.4, -0.2) is 55.2 Å². The quantitative estimate of drug-likeness (QED) is 0.437. The molecule has 0 N–H and O–H groups in total. The number of hydrogen-bond acceptors (Lipinski definition) is 3. The predicted molar refractivity (Wildman–Crippen MR) is 110 cm³/mol. The minimum atomic E-state index is -0.366. The summed E-state index contributed by atoms with van der Waals surface area (Å²) in [6.07, 6.45) is 3.23. The first-order valence-corrected chi connectivity index (χ1v) is 9.77. The number of amides is 1. The van der Waals surface area contributed by atoms with Crippen molar-refractivity contribution < 1.29 is 18.4 Å². The molecular weight excluding hydrogens is 374 g/mol. The second-order valence-electron chi connectivity index (χ2n) is 7.43. The third kappa shape index (κ3) is 6.75. The molecule has 0 aromatic heterocycles. The lowest BCUT2D eigenvalue weighted by Gasteiger charge is -2.23. The third-order valence-corrected chi connectivity index (χ3v) is 4.96. The zero-order chi connectivity index (χ0) is 21.4. The molecule has 0 bridgehead atoms. The molecule has 6 heteroatoms. The van der Waals surface area contributed by atoms with Gasteiger partial charge in [-0.3, -0.25) is 14.5 Å². The highest BCUT2D eigenvalue weighted by Crippen LogP contribution is 2.15. The van der Waals surface area contributed by atoms with Gasteiger partial charge in [-0.2, -0.15) is 0 Å². The van der Waals surface area contributed by atoms with Crippen molar-refractivity contribution in [1.82, 2.24) is 9.80 Å². The number of benzene rings is 2. The van der Waals surface area contributed by atoms with Gasteiger partial charge in [0.05, 0.1) is 6.04 Å².